The summed E-state index contributed by atoms with van der Waals surface area (Å²) in [5.74, 6) is 0.533. The summed E-state index contributed by atoms with van der Waals surface area (Å²) >= 11 is 5.78. The normalized spacial score (nSPS) is 10.5. The zero-order valence-corrected chi connectivity index (χ0v) is 11.5. The molecule has 0 unspecified atom stereocenters. The van der Waals surface area contributed by atoms with Crippen molar-refractivity contribution in [3.05, 3.63) is 17.7 Å². The molecule has 0 spiro atoms. The van der Waals surface area contributed by atoms with Crippen LogP contribution in [0.5, 0.6) is 17.8 Å². The Balaban J connectivity index is 2.12. The monoisotopic (exact) mass is 283 g/mol. The molecule has 0 aliphatic carbocycles. The summed E-state index contributed by atoms with van der Waals surface area (Å²) < 4.78 is 12.5. The second-order valence-corrected chi connectivity index (χ2v) is 3.99. The Bertz CT molecular complexity index is 546. The van der Waals surface area contributed by atoms with E-state index in [4.69, 9.17) is 21.1 Å². The summed E-state index contributed by atoms with van der Waals surface area (Å²) in [4.78, 5) is 11.7. The first-order valence-electron chi connectivity index (χ1n) is 5.96. The van der Waals surface area contributed by atoms with Gasteiger partial charge in [0, 0.05) is 6.54 Å². The number of ether oxygens (including phenoxy) is 2. The lowest BCUT2D eigenvalue weighted by atomic mass is 10.5. The standard InChI is InChI=1S/C11H14ClN5O2/c1-3-5-18-10-14-9(12)15-11(16-10)19-8-6-13-17(4-2)7-8/h6-7H,3-5H2,1-2H3. The van der Waals surface area contributed by atoms with Crippen molar-refractivity contribution in [2.75, 3.05) is 6.61 Å². The maximum Gasteiger partial charge on any atom is 0.329 e. The molecule has 0 saturated heterocycles. The van der Waals surface area contributed by atoms with Crippen molar-refractivity contribution in [1.29, 1.82) is 0 Å². The van der Waals surface area contributed by atoms with Gasteiger partial charge in [-0.2, -0.15) is 15.1 Å². The van der Waals surface area contributed by atoms with Gasteiger partial charge in [0.15, 0.2) is 5.75 Å². The highest BCUT2D eigenvalue weighted by Crippen LogP contribution is 2.19. The fraction of sp³-hybridized carbons (Fsp3) is 0.455. The molecule has 0 atom stereocenters. The maximum absolute atomic E-state index is 5.78. The minimum Gasteiger partial charge on any atom is -0.463 e. The minimum atomic E-state index is 0.0268. The topological polar surface area (TPSA) is 75.0 Å². The van der Waals surface area contributed by atoms with Crippen LogP contribution in [0, 0.1) is 0 Å². The molecule has 0 aliphatic heterocycles. The number of aryl methyl sites for hydroxylation is 1. The van der Waals surface area contributed by atoms with Gasteiger partial charge in [-0.25, -0.2) is 0 Å². The molecule has 0 fully saturated rings. The molecule has 2 heterocycles. The van der Waals surface area contributed by atoms with E-state index in [0.29, 0.717) is 12.4 Å². The number of rotatable bonds is 6. The molecule has 102 valence electrons. The van der Waals surface area contributed by atoms with E-state index in [-0.39, 0.29) is 17.3 Å². The first-order valence-corrected chi connectivity index (χ1v) is 6.33. The zero-order valence-electron chi connectivity index (χ0n) is 10.7. The van der Waals surface area contributed by atoms with Crippen LogP contribution >= 0.6 is 11.6 Å². The van der Waals surface area contributed by atoms with Crippen molar-refractivity contribution in [3.63, 3.8) is 0 Å². The van der Waals surface area contributed by atoms with Gasteiger partial charge in [-0.05, 0) is 24.9 Å². The Kier molecular flexibility index (Phi) is 4.51. The quantitative estimate of drug-likeness (QED) is 0.810. The molecule has 2 aromatic rings. The average Bonchev–Trinajstić information content (AvgIpc) is 2.83. The third-order valence-electron chi connectivity index (χ3n) is 2.15. The van der Waals surface area contributed by atoms with Gasteiger partial charge in [-0.3, -0.25) is 4.68 Å². The molecular formula is C11H14ClN5O2. The van der Waals surface area contributed by atoms with Crippen molar-refractivity contribution in [1.82, 2.24) is 24.7 Å². The summed E-state index contributed by atoms with van der Waals surface area (Å²) in [7, 11) is 0. The predicted octanol–water partition coefficient (Wildman–Crippen LogP) is 2.32. The highest BCUT2D eigenvalue weighted by atomic mass is 35.5. The SMILES string of the molecule is CCCOc1nc(Cl)nc(Oc2cnn(CC)c2)n1. The number of aromatic nitrogens is 5. The van der Waals surface area contributed by atoms with E-state index in [1.807, 2.05) is 13.8 Å². The number of hydrogen-bond acceptors (Lipinski definition) is 6. The first kappa shape index (κ1) is 13.5. The van der Waals surface area contributed by atoms with Crippen LogP contribution in [0.4, 0.5) is 0 Å². The largest absolute Gasteiger partial charge is 0.463 e. The number of nitrogens with zero attached hydrogens (tertiary/aromatic N) is 5. The van der Waals surface area contributed by atoms with Crippen LogP contribution in [0.3, 0.4) is 0 Å². The molecule has 19 heavy (non-hydrogen) atoms. The van der Waals surface area contributed by atoms with Gasteiger partial charge in [0.2, 0.25) is 5.28 Å². The molecule has 7 nitrogen and oxygen atoms in total. The third-order valence-corrected chi connectivity index (χ3v) is 2.31. The van der Waals surface area contributed by atoms with E-state index in [2.05, 4.69) is 20.1 Å². The van der Waals surface area contributed by atoms with Crippen molar-refractivity contribution in [3.8, 4) is 17.8 Å². The van der Waals surface area contributed by atoms with E-state index in [1.165, 1.54) is 0 Å². The lowest BCUT2D eigenvalue weighted by molar-refractivity contribution is 0.284. The van der Waals surface area contributed by atoms with Gasteiger partial charge < -0.3 is 9.47 Å². The molecule has 0 N–H and O–H groups in total. The van der Waals surface area contributed by atoms with Gasteiger partial charge in [-0.1, -0.05) is 6.92 Å². The van der Waals surface area contributed by atoms with Crippen LogP contribution in [0.1, 0.15) is 20.3 Å². The second kappa shape index (κ2) is 6.33. The Morgan fingerprint density at radius 3 is 2.68 bits per heavy atom. The molecule has 0 bridgehead atoms. The molecule has 0 amide bonds. The van der Waals surface area contributed by atoms with Crippen molar-refractivity contribution < 1.29 is 9.47 Å². The van der Waals surface area contributed by atoms with Crippen LogP contribution in [0.25, 0.3) is 0 Å². The fourth-order valence-electron chi connectivity index (χ4n) is 1.29. The van der Waals surface area contributed by atoms with E-state index in [1.54, 1.807) is 17.1 Å². The van der Waals surface area contributed by atoms with Crippen molar-refractivity contribution in [2.45, 2.75) is 26.8 Å². The Morgan fingerprint density at radius 1 is 1.21 bits per heavy atom. The number of hydrogen-bond donors (Lipinski definition) is 0. The second-order valence-electron chi connectivity index (χ2n) is 3.65. The molecule has 8 heteroatoms. The highest BCUT2D eigenvalue weighted by molar-refractivity contribution is 6.28. The van der Waals surface area contributed by atoms with Crippen LogP contribution in [-0.4, -0.2) is 31.3 Å². The Labute approximate surface area is 115 Å². The lowest BCUT2D eigenvalue weighted by Crippen LogP contribution is -2.02. The van der Waals surface area contributed by atoms with E-state index < -0.39 is 0 Å². The molecule has 0 aromatic carbocycles. The van der Waals surface area contributed by atoms with Gasteiger partial charge in [-0.15, -0.1) is 4.98 Å². The molecule has 0 aliphatic rings. The smallest absolute Gasteiger partial charge is 0.329 e. The average molecular weight is 284 g/mol. The van der Waals surface area contributed by atoms with Crippen LogP contribution in [0.2, 0.25) is 5.28 Å². The van der Waals surface area contributed by atoms with Gasteiger partial charge in [0.1, 0.15) is 0 Å². The van der Waals surface area contributed by atoms with Crippen LogP contribution < -0.4 is 9.47 Å². The highest BCUT2D eigenvalue weighted by Gasteiger charge is 2.09. The fourth-order valence-corrected chi connectivity index (χ4v) is 1.44. The van der Waals surface area contributed by atoms with Gasteiger partial charge >= 0.3 is 12.0 Å². The Morgan fingerprint density at radius 2 is 2.00 bits per heavy atom. The minimum absolute atomic E-state index is 0.0268. The summed E-state index contributed by atoms with van der Waals surface area (Å²) in [6.45, 7) is 5.23. The molecule has 2 rings (SSSR count). The van der Waals surface area contributed by atoms with E-state index in [0.717, 1.165) is 13.0 Å². The molecule has 0 radical (unpaired) electrons. The van der Waals surface area contributed by atoms with Gasteiger partial charge in [0.25, 0.3) is 0 Å². The summed E-state index contributed by atoms with van der Waals surface area (Å²) in [5, 5.41) is 4.11. The summed E-state index contributed by atoms with van der Waals surface area (Å²) in [6.07, 6.45) is 4.17. The van der Waals surface area contributed by atoms with Gasteiger partial charge in [0.05, 0.1) is 19.0 Å². The third kappa shape index (κ3) is 3.78. The van der Waals surface area contributed by atoms with E-state index in [9.17, 15) is 0 Å². The maximum atomic E-state index is 5.78. The van der Waals surface area contributed by atoms with E-state index >= 15 is 0 Å². The van der Waals surface area contributed by atoms with Crippen molar-refractivity contribution >= 4 is 11.6 Å². The molecule has 0 saturated carbocycles. The van der Waals surface area contributed by atoms with Crippen molar-refractivity contribution in [2.24, 2.45) is 0 Å². The Hall–Kier alpha value is -1.89. The van der Waals surface area contributed by atoms with Crippen LogP contribution in [0.15, 0.2) is 12.4 Å². The molecule has 2 aromatic heterocycles. The zero-order chi connectivity index (χ0) is 13.7. The number of halogens is 1. The first-order chi connectivity index (χ1) is 9.21. The predicted molar refractivity (Wildman–Crippen MR) is 68.6 cm³/mol. The molecular weight excluding hydrogens is 270 g/mol. The summed E-state index contributed by atoms with van der Waals surface area (Å²) in [6, 6.07) is 0.237. The summed E-state index contributed by atoms with van der Waals surface area (Å²) in [5.41, 5.74) is 0. The lowest BCUT2D eigenvalue weighted by Gasteiger charge is -2.04. The van der Waals surface area contributed by atoms with Crippen LogP contribution in [-0.2, 0) is 6.54 Å².